The second-order valence-corrected chi connectivity index (χ2v) is 3.80. The van der Waals surface area contributed by atoms with Crippen molar-refractivity contribution in [3.63, 3.8) is 0 Å². The maximum Gasteiger partial charge on any atom is 0.123 e. The molecule has 1 aliphatic rings. The topological polar surface area (TPSA) is 38.5 Å². The van der Waals surface area contributed by atoms with Gasteiger partial charge in [0.15, 0.2) is 0 Å². The van der Waals surface area contributed by atoms with Crippen molar-refractivity contribution in [1.82, 2.24) is 4.90 Å². The average Bonchev–Trinajstić information content (AvgIpc) is 2.18. The first-order valence-electron chi connectivity index (χ1n) is 4.85. The lowest BCUT2D eigenvalue weighted by Gasteiger charge is -2.27. The first-order valence-corrected chi connectivity index (χ1v) is 4.85. The van der Waals surface area contributed by atoms with Gasteiger partial charge in [0.1, 0.15) is 5.75 Å². The summed E-state index contributed by atoms with van der Waals surface area (Å²) >= 11 is 0. The molecule has 0 unspecified atom stereocenters. The summed E-state index contributed by atoms with van der Waals surface area (Å²) in [7, 11) is 3.83. The number of rotatable bonds is 1. The second kappa shape index (κ2) is 3.50. The van der Waals surface area contributed by atoms with Crippen LogP contribution in [0.1, 0.15) is 11.1 Å². The van der Waals surface area contributed by atoms with Crippen molar-refractivity contribution in [1.29, 1.82) is 0 Å². The van der Waals surface area contributed by atoms with Crippen LogP contribution in [0.25, 0.3) is 0 Å². The molecule has 3 heteroatoms. The zero-order valence-electron chi connectivity index (χ0n) is 8.71. The van der Waals surface area contributed by atoms with Crippen molar-refractivity contribution in [2.45, 2.75) is 13.0 Å². The number of anilines is 1. The molecular formula is C11H16N2O. The van der Waals surface area contributed by atoms with Crippen molar-refractivity contribution >= 4 is 5.69 Å². The minimum Gasteiger partial charge on any atom is -0.496 e. The Morgan fingerprint density at radius 3 is 2.86 bits per heavy atom. The summed E-state index contributed by atoms with van der Waals surface area (Å²) in [6, 6.07) is 3.89. The monoisotopic (exact) mass is 192 g/mol. The number of fused-ring (bicyclic) bond motifs is 1. The van der Waals surface area contributed by atoms with Crippen molar-refractivity contribution in [3.8, 4) is 5.75 Å². The molecule has 0 atom stereocenters. The van der Waals surface area contributed by atoms with Crippen LogP contribution in [-0.4, -0.2) is 25.6 Å². The van der Waals surface area contributed by atoms with Crippen LogP contribution in [-0.2, 0) is 13.0 Å². The molecule has 2 N–H and O–H groups in total. The van der Waals surface area contributed by atoms with Gasteiger partial charge in [0, 0.05) is 24.3 Å². The molecule has 1 heterocycles. The number of benzene rings is 1. The maximum absolute atomic E-state index is 5.94. The van der Waals surface area contributed by atoms with E-state index < -0.39 is 0 Å². The fourth-order valence-electron chi connectivity index (χ4n) is 2.00. The van der Waals surface area contributed by atoms with Crippen molar-refractivity contribution < 1.29 is 4.74 Å². The molecule has 0 saturated carbocycles. The van der Waals surface area contributed by atoms with Crippen molar-refractivity contribution in [2.24, 2.45) is 0 Å². The van der Waals surface area contributed by atoms with Gasteiger partial charge in [-0.05, 0) is 31.2 Å². The van der Waals surface area contributed by atoms with Gasteiger partial charge in [-0.1, -0.05) is 0 Å². The number of likely N-dealkylation sites (N-methyl/N-ethyl adjacent to an activating group) is 1. The Labute approximate surface area is 84.5 Å². The van der Waals surface area contributed by atoms with Gasteiger partial charge in [0.25, 0.3) is 0 Å². The molecule has 0 radical (unpaired) electrons. The van der Waals surface area contributed by atoms with E-state index in [0.717, 1.165) is 30.9 Å². The molecule has 0 fully saturated rings. The molecule has 0 aliphatic carbocycles. The van der Waals surface area contributed by atoms with E-state index >= 15 is 0 Å². The molecular weight excluding hydrogens is 176 g/mol. The van der Waals surface area contributed by atoms with E-state index in [9.17, 15) is 0 Å². The average molecular weight is 192 g/mol. The molecule has 3 nitrogen and oxygen atoms in total. The number of nitrogens with zero attached hydrogens (tertiary/aromatic N) is 1. The van der Waals surface area contributed by atoms with Gasteiger partial charge in [-0.25, -0.2) is 0 Å². The Morgan fingerprint density at radius 2 is 2.14 bits per heavy atom. The van der Waals surface area contributed by atoms with E-state index in [1.807, 2.05) is 12.1 Å². The molecule has 0 saturated heterocycles. The van der Waals surface area contributed by atoms with E-state index in [0.29, 0.717) is 0 Å². The fraction of sp³-hybridized carbons (Fsp3) is 0.455. The van der Waals surface area contributed by atoms with E-state index in [1.54, 1.807) is 7.11 Å². The van der Waals surface area contributed by atoms with Gasteiger partial charge in [-0.15, -0.1) is 0 Å². The summed E-state index contributed by atoms with van der Waals surface area (Å²) in [5, 5.41) is 0. The standard InChI is InChI=1S/C11H16N2O/c1-13-6-5-8-9(7-13)11(14-2)4-3-10(8)12/h3-4H,5-7,12H2,1-2H3. The number of nitrogens with two attached hydrogens (primary N) is 1. The van der Waals surface area contributed by atoms with Crippen LogP contribution in [0.4, 0.5) is 5.69 Å². The Kier molecular flexibility index (Phi) is 2.33. The third kappa shape index (κ3) is 1.44. The van der Waals surface area contributed by atoms with Gasteiger partial charge in [0.05, 0.1) is 7.11 Å². The van der Waals surface area contributed by atoms with Gasteiger partial charge in [-0.2, -0.15) is 0 Å². The lowest BCUT2D eigenvalue weighted by molar-refractivity contribution is 0.302. The zero-order chi connectivity index (χ0) is 10.1. The highest BCUT2D eigenvalue weighted by Crippen LogP contribution is 2.31. The normalized spacial score (nSPS) is 16.4. The van der Waals surface area contributed by atoms with Gasteiger partial charge in [-0.3, -0.25) is 0 Å². The highest BCUT2D eigenvalue weighted by atomic mass is 16.5. The molecule has 76 valence electrons. The van der Waals surface area contributed by atoms with E-state index in [-0.39, 0.29) is 0 Å². The lowest BCUT2D eigenvalue weighted by Crippen LogP contribution is -2.27. The molecule has 0 bridgehead atoms. The van der Waals surface area contributed by atoms with E-state index in [1.165, 1.54) is 11.1 Å². The Bertz CT molecular complexity index is 349. The van der Waals surface area contributed by atoms with Crippen LogP contribution in [0.3, 0.4) is 0 Å². The largest absolute Gasteiger partial charge is 0.496 e. The van der Waals surface area contributed by atoms with Crippen LogP contribution < -0.4 is 10.5 Å². The number of ether oxygens (including phenoxy) is 1. The predicted molar refractivity (Wildman–Crippen MR) is 57.4 cm³/mol. The highest BCUT2D eigenvalue weighted by molar-refractivity contribution is 5.57. The molecule has 2 rings (SSSR count). The fourth-order valence-corrected chi connectivity index (χ4v) is 2.00. The summed E-state index contributed by atoms with van der Waals surface area (Å²) in [5.41, 5.74) is 9.35. The third-order valence-corrected chi connectivity index (χ3v) is 2.82. The zero-order valence-corrected chi connectivity index (χ0v) is 8.71. The molecule has 1 aliphatic heterocycles. The second-order valence-electron chi connectivity index (χ2n) is 3.80. The Morgan fingerprint density at radius 1 is 1.36 bits per heavy atom. The van der Waals surface area contributed by atoms with Gasteiger partial charge < -0.3 is 15.4 Å². The quantitative estimate of drug-likeness (QED) is 0.681. The summed E-state index contributed by atoms with van der Waals surface area (Å²) in [5.74, 6) is 0.959. The van der Waals surface area contributed by atoms with Crippen LogP contribution in [0, 0.1) is 0 Å². The number of hydrogen-bond donors (Lipinski definition) is 1. The molecule has 1 aromatic carbocycles. The minimum absolute atomic E-state index is 0.897. The molecule has 14 heavy (non-hydrogen) atoms. The SMILES string of the molecule is COc1ccc(N)c2c1CN(C)CC2. The maximum atomic E-state index is 5.94. The number of methoxy groups -OCH3 is 1. The van der Waals surface area contributed by atoms with E-state index in [2.05, 4.69) is 11.9 Å². The molecule has 0 spiro atoms. The van der Waals surface area contributed by atoms with Crippen LogP contribution in [0.5, 0.6) is 5.75 Å². The third-order valence-electron chi connectivity index (χ3n) is 2.82. The summed E-state index contributed by atoms with van der Waals surface area (Å²) in [6.07, 6.45) is 1.02. The first-order chi connectivity index (χ1) is 6.72. The number of nitrogen functional groups attached to an aromatic ring is 1. The van der Waals surface area contributed by atoms with Crippen LogP contribution >= 0.6 is 0 Å². The summed E-state index contributed by atoms with van der Waals surface area (Å²) in [4.78, 5) is 2.28. The smallest absolute Gasteiger partial charge is 0.123 e. The molecule has 1 aromatic rings. The highest BCUT2D eigenvalue weighted by Gasteiger charge is 2.18. The minimum atomic E-state index is 0.897. The Balaban J connectivity index is 2.49. The van der Waals surface area contributed by atoms with Crippen molar-refractivity contribution in [3.05, 3.63) is 23.3 Å². The summed E-state index contributed by atoms with van der Waals surface area (Å²) in [6.45, 7) is 2.01. The van der Waals surface area contributed by atoms with E-state index in [4.69, 9.17) is 10.5 Å². The lowest BCUT2D eigenvalue weighted by atomic mass is 9.97. The number of hydrogen-bond acceptors (Lipinski definition) is 3. The Hall–Kier alpha value is -1.22. The van der Waals surface area contributed by atoms with Crippen LogP contribution in [0.15, 0.2) is 12.1 Å². The predicted octanol–water partition coefficient (Wildman–Crippen LogP) is 1.27. The van der Waals surface area contributed by atoms with Gasteiger partial charge >= 0.3 is 0 Å². The molecule has 0 amide bonds. The first kappa shape index (κ1) is 9.34. The summed E-state index contributed by atoms with van der Waals surface area (Å²) < 4.78 is 5.33. The van der Waals surface area contributed by atoms with Gasteiger partial charge in [0.2, 0.25) is 0 Å². The molecule has 0 aromatic heterocycles. The van der Waals surface area contributed by atoms with Crippen LogP contribution in [0.2, 0.25) is 0 Å². The van der Waals surface area contributed by atoms with Crippen molar-refractivity contribution in [2.75, 3.05) is 26.4 Å².